The number of nitrogens with zero attached hydrogens (tertiary/aromatic N) is 3. The molecular formula is C27H23ClN4O4. The Labute approximate surface area is 213 Å². The van der Waals surface area contributed by atoms with Gasteiger partial charge in [-0.3, -0.25) is 4.79 Å². The zero-order valence-corrected chi connectivity index (χ0v) is 20.5. The number of ether oxygens (including phenoxy) is 2. The number of carbonyl (C=O) groups excluding carboxylic acids is 1. The maximum atomic E-state index is 12.3. The standard InChI is InChI=1S/C27H23ClN4O4/c1-16(21-13-17(2)36-31-21)7-8-18-9-10-23-19(14-18)27-30-25(26(29)33)22(32(27)11-12-34-23)15-35-24-6-4-3-5-20(24)28/h3-6,9-10,13-14,16H,11-12,15H2,1-2H3,(H2,29,33). The molecule has 182 valence electrons. The number of para-hydroxylation sites is 1. The molecule has 1 aliphatic rings. The Hall–Kier alpha value is -4.22. The number of primary amides is 1. The second-order valence-corrected chi connectivity index (χ2v) is 8.79. The summed E-state index contributed by atoms with van der Waals surface area (Å²) in [5.74, 6) is 8.13. The zero-order chi connectivity index (χ0) is 25.2. The van der Waals surface area contributed by atoms with Crippen LogP contribution in [0.5, 0.6) is 11.5 Å². The lowest BCUT2D eigenvalue weighted by Gasteiger charge is -2.12. The molecular weight excluding hydrogens is 480 g/mol. The number of imidazole rings is 1. The molecule has 2 N–H and O–H groups in total. The number of aromatic nitrogens is 3. The van der Waals surface area contributed by atoms with Crippen LogP contribution in [0.4, 0.5) is 0 Å². The number of benzene rings is 2. The lowest BCUT2D eigenvalue weighted by Crippen LogP contribution is -2.18. The third-order valence-electron chi connectivity index (χ3n) is 5.82. The molecule has 1 unspecified atom stereocenters. The van der Waals surface area contributed by atoms with Crippen molar-refractivity contribution in [2.45, 2.75) is 32.9 Å². The summed E-state index contributed by atoms with van der Waals surface area (Å²) in [4.78, 5) is 16.9. The van der Waals surface area contributed by atoms with E-state index in [2.05, 4.69) is 22.0 Å². The number of amides is 1. The highest BCUT2D eigenvalue weighted by atomic mass is 35.5. The van der Waals surface area contributed by atoms with Gasteiger partial charge < -0.3 is 24.3 Å². The van der Waals surface area contributed by atoms with E-state index in [1.807, 2.05) is 54.8 Å². The van der Waals surface area contributed by atoms with Gasteiger partial charge in [0.15, 0.2) is 5.69 Å². The van der Waals surface area contributed by atoms with E-state index in [-0.39, 0.29) is 18.2 Å². The van der Waals surface area contributed by atoms with Gasteiger partial charge >= 0.3 is 0 Å². The largest absolute Gasteiger partial charge is 0.491 e. The Morgan fingerprint density at radius 3 is 2.86 bits per heavy atom. The van der Waals surface area contributed by atoms with Gasteiger partial charge in [-0.05, 0) is 44.2 Å². The van der Waals surface area contributed by atoms with E-state index in [0.29, 0.717) is 41.2 Å². The Morgan fingerprint density at radius 1 is 1.28 bits per heavy atom. The number of nitrogens with two attached hydrogens (primary N) is 1. The molecule has 8 nitrogen and oxygen atoms in total. The molecule has 1 amide bonds. The average molecular weight is 503 g/mol. The lowest BCUT2D eigenvalue weighted by atomic mass is 10.1. The Bertz CT molecular complexity index is 1510. The third kappa shape index (κ3) is 4.66. The second kappa shape index (κ2) is 9.80. The molecule has 2 aromatic carbocycles. The average Bonchev–Trinajstić information content (AvgIpc) is 3.41. The first kappa shape index (κ1) is 23.5. The van der Waals surface area contributed by atoms with E-state index >= 15 is 0 Å². The molecule has 0 radical (unpaired) electrons. The molecule has 36 heavy (non-hydrogen) atoms. The van der Waals surface area contributed by atoms with Gasteiger partial charge in [0.2, 0.25) is 0 Å². The maximum Gasteiger partial charge on any atom is 0.269 e. The Morgan fingerprint density at radius 2 is 2.11 bits per heavy atom. The van der Waals surface area contributed by atoms with Crippen LogP contribution >= 0.6 is 11.6 Å². The van der Waals surface area contributed by atoms with Gasteiger partial charge in [-0.15, -0.1) is 0 Å². The zero-order valence-electron chi connectivity index (χ0n) is 19.7. The number of halogens is 1. The summed E-state index contributed by atoms with van der Waals surface area (Å²) >= 11 is 6.23. The first-order valence-corrected chi connectivity index (χ1v) is 11.8. The van der Waals surface area contributed by atoms with Gasteiger partial charge in [0, 0.05) is 11.6 Å². The van der Waals surface area contributed by atoms with Crippen molar-refractivity contribution in [1.82, 2.24) is 14.7 Å². The molecule has 0 fully saturated rings. The Balaban J connectivity index is 1.50. The van der Waals surface area contributed by atoms with Crippen LogP contribution < -0.4 is 15.2 Å². The van der Waals surface area contributed by atoms with E-state index < -0.39 is 5.91 Å². The van der Waals surface area contributed by atoms with Crippen molar-refractivity contribution in [3.05, 3.63) is 82.0 Å². The van der Waals surface area contributed by atoms with Crippen molar-refractivity contribution in [3.8, 4) is 34.7 Å². The fourth-order valence-corrected chi connectivity index (χ4v) is 4.19. The molecule has 5 rings (SSSR count). The van der Waals surface area contributed by atoms with Gasteiger partial charge in [0.1, 0.15) is 36.3 Å². The fraction of sp³-hybridized carbons (Fsp3) is 0.222. The monoisotopic (exact) mass is 502 g/mol. The highest BCUT2D eigenvalue weighted by molar-refractivity contribution is 6.32. The number of hydrogen-bond acceptors (Lipinski definition) is 6. The van der Waals surface area contributed by atoms with E-state index in [4.69, 9.17) is 31.3 Å². The minimum atomic E-state index is -0.636. The van der Waals surface area contributed by atoms with Crippen molar-refractivity contribution >= 4 is 17.5 Å². The molecule has 0 aliphatic carbocycles. The minimum Gasteiger partial charge on any atom is -0.491 e. The van der Waals surface area contributed by atoms with Crippen LogP contribution in [0, 0.1) is 18.8 Å². The lowest BCUT2D eigenvalue weighted by molar-refractivity contribution is 0.0993. The van der Waals surface area contributed by atoms with Crippen molar-refractivity contribution in [2.75, 3.05) is 6.61 Å². The predicted molar refractivity (Wildman–Crippen MR) is 134 cm³/mol. The highest BCUT2D eigenvalue weighted by Gasteiger charge is 2.26. The van der Waals surface area contributed by atoms with Gasteiger partial charge in [0.05, 0.1) is 34.4 Å². The van der Waals surface area contributed by atoms with Crippen LogP contribution in [0.15, 0.2) is 53.1 Å². The van der Waals surface area contributed by atoms with Crippen LogP contribution in [0.3, 0.4) is 0 Å². The third-order valence-corrected chi connectivity index (χ3v) is 6.14. The van der Waals surface area contributed by atoms with E-state index in [9.17, 15) is 4.79 Å². The number of aryl methyl sites for hydroxylation is 1. The quantitative estimate of drug-likeness (QED) is 0.396. The van der Waals surface area contributed by atoms with Crippen LogP contribution in [-0.2, 0) is 13.2 Å². The molecule has 0 spiro atoms. The number of carbonyl (C=O) groups is 1. The predicted octanol–water partition coefficient (Wildman–Crippen LogP) is 4.73. The molecule has 4 aromatic rings. The van der Waals surface area contributed by atoms with E-state index in [1.54, 1.807) is 12.1 Å². The highest BCUT2D eigenvalue weighted by Crippen LogP contribution is 2.35. The van der Waals surface area contributed by atoms with E-state index in [1.165, 1.54) is 0 Å². The topological polar surface area (TPSA) is 105 Å². The van der Waals surface area contributed by atoms with Crippen molar-refractivity contribution in [3.63, 3.8) is 0 Å². The molecule has 9 heteroatoms. The van der Waals surface area contributed by atoms with Crippen LogP contribution in [0.2, 0.25) is 5.02 Å². The van der Waals surface area contributed by atoms with Crippen LogP contribution in [0.1, 0.15) is 46.0 Å². The molecule has 3 heterocycles. The van der Waals surface area contributed by atoms with Gasteiger partial charge in [-0.25, -0.2) is 4.98 Å². The summed E-state index contributed by atoms with van der Waals surface area (Å²) in [5, 5.41) is 4.51. The van der Waals surface area contributed by atoms with Crippen molar-refractivity contribution in [2.24, 2.45) is 5.73 Å². The molecule has 2 aromatic heterocycles. The smallest absolute Gasteiger partial charge is 0.269 e. The molecule has 1 aliphatic heterocycles. The van der Waals surface area contributed by atoms with Crippen molar-refractivity contribution in [1.29, 1.82) is 0 Å². The molecule has 1 atom stereocenters. The number of hydrogen-bond donors (Lipinski definition) is 1. The minimum absolute atomic E-state index is 0.0679. The first-order chi connectivity index (χ1) is 17.4. The summed E-state index contributed by atoms with van der Waals surface area (Å²) in [6, 6.07) is 14.7. The first-order valence-electron chi connectivity index (χ1n) is 11.4. The molecule has 0 saturated heterocycles. The summed E-state index contributed by atoms with van der Waals surface area (Å²) < 4.78 is 18.9. The fourth-order valence-electron chi connectivity index (χ4n) is 3.99. The Kier molecular flexibility index (Phi) is 6.40. The van der Waals surface area contributed by atoms with Gasteiger partial charge in [0.25, 0.3) is 5.91 Å². The van der Waals surface area contributed by atoms with Gasteiger partial charge in [-0.1, -0.05) is 40.7 Å². The van der Waals surface area contributed by atoms with Crippen molar-refractivity contribution < 1.29 is 18.8 Å². The maximum absolute atomic E-state index is 12.3. The van der Waals surface area contributed by atoms with Gasteiger partial charge in [-0.2, -0.15) is 0 Å². The number of rotatable bonds is 5. The summed E-state index contributed by atoms with van der Waals surface area (Å²) in [6.45, 7) is 4.74. The molecule has 0 bridgehead atoms. The SMILES string of the molecule is Cc1cc(C(C)C#Cc2ccc3c(c2)-c2nc(C(N)=O)c(COc4ccccc4Cl)n2CCO3)no1. The van der Waals surface area contributed by atoms with E-state index in [0.717, 1.165) is 22.6 Å². The van der Waals surface area contributed by atoms with Crippen LogP contribution in [0.25, 0.3) is 11.4 Å². The summed E-state index contributed by atoms with van der Waals surface area (Å²) in [7, 11) is 0. The molecule has 0 saturated carbocycles. The summed E-state index contributed by atoms with van der Waals surface area (Å²) in [6.07, 6.45) is 0. The summed E-state index contributed by atoms with van der Waals surface area (Å²) in [5.41, 5.74) is 8.67. The van der Waals surface area contributed by atoms with Crippen LogP contribution in [-0.4, -0.2) is 27.2 Å². The number of fused-ring (bicyclic) bond motifs is 3. The second-order valence-electron chi connectivity index (χ2n) is 8.38. The normalized spacial score (nSPS) is 12.9.